The lowest BCUT2D eigenvalue weighted by Crippen LogP contribution is -2.46. The standard InChI is InChI=1S/C12H22N2O4/c1-10-2-5-14(6-3-10)12(17)11(16)13-4-8-18-9-7-15/h10,15H,2-9H2,1H3,(H,13,16). The predicted octanol–water partition coefficient (Wildman–Crippen LogP) is -0.630. The molecule has 0 bridgehead atoms. The van der Waals surface area contributed by atoms with Crippen LogP contribution in [0, 0.1) is 5.92 Å². The fourth-order valence-electron chi connectivity index (χ4n) is 1.83. The van der Waals surface area contributed by atoms with Gasteiger partial charge in [0.15, 0.2) is 0 Å². The van der Waals surface area contributed by atoms with Crippen LogP contribution in [-0.2, 0) is 14.3 Å². The minimum Gasteiger partial charge on any atom is -0.394 e. The number of hydrogen-bond acceptors (Lipinski definition) is 4. The molecule has 0 aromatic heterocycles. The zero-order chi connectivity index (χ0) is 13.4. The van der Waals surface area contributed by atoms with E-state index in [0.717, 1.165) is 12.8 Å². The van der Waals surface area contributed by atoms with Crippen LogP contribution in [0.5, 0.6) is 0 Å². The minimum absolute atomic E-state index is 0.0428. The molecule has 1 aliphatic rings. The highest BCUT2D eigenvalue weighted by molar-refractivity contribution is 6.35. The van der Waals surface area contributed by atoms with Gasteiger partial charge in [0.1, 0.15) is 0 Å². The van der Waals surface area contributed by atoms with Crippen LogP contribution in [0.25, 0.3) is 0 Å². The van der Waals surface area contributed by atoms with E-state index in [9.17, 15) is 9.59 Å². The van der Waals surface area contributed by atoms with Crippen LogP contribution >= 0.6 is 0 Å². The highest BCUT2D eigenvalue weighted by atomic mass is 16.5. The highest BCUT2D eigenvalue weighted by Crippen LogP contribution is 2.15. The normalized spacial score (nSPS) is 16.7. The summed E-state index contributed by atoms with van der Waals surface area (Å²) in [5.41, 5.74) is 0. The molecule has 2 N–H and O–H groups in total. The molecule has 0 aromatic rings. The molecule has 6 heteroatoms. The maximum Gasteiger partial charge on any atom is 0.311 e. The number of amides is 2. The van der Waals surface area contributed by atoms with Crippen molar-refractivity contribution < 1.29 is 19.4 Å². The molecule has 1 rings (SSSR count). The molecule has 1 heterocycles. The van der Waals surface area contributed by atoms with Crippen molar-refractivity contribution in [2.75, 3.05) is 39.5 Å². The predicted molar refractivity (Wildman–Crippen MR) is 65.9 cm³/mol. The third-order valence-electron chi connectivity index (χ3n) is 3.03. The van der Waals surface area contributed by atoms with Gasteiger partial charge in [-0.05, 0) is 18.8 Å². The fourth-order valence-corrected chi connectivity index (χ4v) is 1.83. The summed E-state index contributed by atoms with van der Waals surface area (Å²) in [6, 6.07) is 0. The summed E-state index contributed by atoms with van der Waals surface area (Å²) in [6.45, 7) is 4.27. The van der Waals surface area contributed by atoms with Crippen LogP contribution in [0.15, 0.2) is 0 Å². The monoisotopic (exact) mass is 258 g/mol. The van der Waals surface area contributed by atoms with Crippen molar-refractivity contribution in [3.8, 4) is 0 Å². The fraction of sp³-hybridized carbons (Fsp3) is 0.833. The SMILES string of the molecule is CC1CCN(C(=O)C(=O)NCCOCCO)CC1. The van der Waals surface area contributed by atoms with E-state index in [4.69, 9.17) is 9.84 Å². The lowest BCUT2D eigenvalue weighted by molar-refractivity contribution is -0.146. The third-order valence-corrected chi connectivity index (χ3v) is 3.03. The summed E-state index contributed by atoms with van der Waals surface area (Å²) in [5.74, 6) is -0.398. The highest BCUT2D eigenvalue weighted by Gasteiger charge is 2.24. The Kier molecular flexibility index (Phi) is 6.67. The number of hydrogen-bond donors (Lipinski definition) is 2. The van der Waals surface area contributed by atoms with Gasteiger partial charge in [-0.2, -0.15) is 0 Å². The molecule has 0 atom stereocenters. The van der Waals surface area contributed by atoms with Crippen LogP contribution in [0.4, 0.5) is 0 Å². The summed E-state index contributed by atoms with van der Waals surface area (Å²) in [5, 5.41) is 11.0. The third kappa shape index (κ3) is 5.01. The number of aliphatic hydroxyl groups excluding tert-OH is 1. The van der Waals surface area contributed by atoms with Crippen molar-refractivity contribution in [2.45, 2.75) is 19.8 Å². The van der Waals surface area contributed by atoms with E-state index in [2.05, 4.69) is 12.2 Å². The van der Waals surface area contributed by atoms with Crippen molar-refractivity contribution in [3.63, 3.8) is 0 Å². The zero-order valence-corrected chi connectivity index (χ0v) is 10.9. The van der Waals surface area contributed by atoms with E-state index >= 15 is 0 Å². The first-order valence-corrected chi connectivity index (χ1v) is 6.41. The van der Waals surface area contributed by atoms with E-state index in [-0.39, 0.29) is 19.8 Å². The maximum atomic E-state index is 11.8. The Balaban J connectivity index is 2.18. The lowest BCUT2D eigenvalue weighted by atomic mass is 9.99. The van der Waals surface area contributed by atoms with E-state index in [0.29, 0.717) is 25.6 Å². The van der Waals surface area contributed by atoms with E-state index < -0.39 is 11.8 Å². The average molecular weight is 258 g/mol. The number of ether oxygens (including phenoxy) is 1. The molecule has 1 aliphatic heterocycles. The lowest BCUT2D eigenvalue weighted by Gasteiger charge is -2.29. The van der Waals surface area contributed by atoms with E-state index in [1.54, 1.807) is 4.90 Å². The summed E-state index contributed by atoms with van der Waals surface area (Å²) in [6.07, 6.45) is 1.91. The molecule has 0 aromatic carbocycles. The summed E-state index contributed by atoms with van der Waals surface area (Å²) in [7, 11) is 0. The van der Waals surface area contributed by atoms with Crippen LogP contribution in [0.1, 0.15) is 19.8 Å². The van der Waals surface area contributed by atoms with Crippen molar-refractivity contribution in [3.05, 3.63) is 0 Å². The van der Waals surface area contributed by atoms with Crippen molar-refractivity contribution in [1.29, 1.82) is 0 Å². The number of carbonyl (C=O) groups excluding carboxylic acids is 2. The van der Waals surface area contributed by atoms with Gasteiger partial charge in [0.25, 0.3) is 0 Å². The van der Waals surface area contributed by atoms with Gasteiger partial charge >= 0.3 is 11.8 Å². The van der Waals surface area contributed by atoms with Crippen LogP contribution in [-0.4, -0.2) is 61.3 Å². The van der Waals surface area contributed by atoms with Gasteiger partial charge in [-0.1, -0.05) is 6.92 Å². The van der Waals surface area contributed by atoms with Gasteiger partial charge in [-0.3, -0.25) is 9.59 Å². The number of nitrogens with zero attached hydrogens (tertiary/aromatic N) is 1. The van der Waals surface area contributed by atoms with Gasteiger partial charge in [0.2, 0.25) is 0 Å². The molecular formula is C12H22N2O4. The molecule has 0 unspecified atom stereocenters. The molecule has 0 saturated carbocycles. The minimum atomic E-state index is -0.572. The number of carbonyl (C=O) groups is 2. The first-order valence-electron chi connectivity index (χ1n) is 6.41. The second-order valence-electron chi connectivity index (χ2n) is 4.57. The maximum absolute atomic E-state index is 11.8. The number of aliphatic hydroxyl groups is 1. The first-order chi connectivity index (χ1) is 8.65. The molecular weight excluding hydrogens is 236 g/mol. The van der Waals surface area contributed by atoms with Crippen LogP contribution < -0.4 is 5.32 Å². The summed E-state index contributed by atoms with van der Waals surface area (Å²) < 4.78 is 4.98. The topological polar surface area (TPSA) is 78.9 Å². The second kappa shape index (κ2) is 8.05. The van der Waals surface area contributed by atoms with Gasteiger partial charge in [0.05, 0.1) is 19.8 Å². The quantitative estimate of drug-likeness (QED) is 0.508. The zero-order valence-electron chi connectivity index (χ0n) is 10.9. The van der Waals surface area contributed by atoms with E-state index in [1.807, 2.05) is 0 Å². The van der Waals surface area contributed by atoms with Gasteiger partial charge in [-0.15, -0.1) is 0 Å². The molecule has 1 saturated heterocycles. The summed E-state index contributed by atoms with van der Waals surface area (Å²) in [4.78, 5) is 24.9. The number of likely N-dealkylation sites (tertiary alicyclic amines) is 1. The molecule has 0 spiro atoms. The Morgan fingerprint density at radius 3 is 2.61 bits per heavy atom. The number of nitrogens with one attached hydrogen (secondary N) is 1. The number of rotatable bonds is 5. The molecule has 104 valence electrons. The second-order valence-corrected chi connectivity index (χ2v) is 4.57. The largest absolute Gasteiger partial charge is 0.394 e. The molecule has 6 nitrogen and oxygen atoms in total. The van der Waals surface area contributed by atoms with Crippen LogP contribution in [0.3, 0.4) is 0 Å². The van der Waals surface area contributed by atoms with Crippen molar-refractivity contribution >= 4 is 11.8 Å². The van der Waals surface area contributed by atoms with Crippen molar-refractivity contribution in [2.24, 2.45) is 5.92 Å². The van der Waals surface area contributed by atoms with Gasteiger partial charge < -0.3 is 20.1 Å². The van der Waals surface area contributed by atoms with Gasteiger partial charge in [0, 0.05) is 19.6 Å². The Hall–Kier alpha value is -1.14. The smallest absolute Gasteiger partial charge is 0.311 e. The molecule has 1 fully saturated rings. The Morgan fingerprint density at radius 1 is 1.33 bits per heavy atom. The molecule has 18 heavy (non-hydrogen) atoms. The Labute approximate surface area is 107 Å². The average Bonchev–Trinajstić information content (AvgIpc) is 2.38. The molecule has 0 aliphatic carbocycles. The van der Waals surface area contributed by atoms with Gasteiger partial charge in [-0.25, -0.2) is 0 Å². The van der Waals surface area contributed by atoms with E-state index in [1.165, 1.54) is 0 Å². The first kappa shape index (κ1) is 14.9. The Bertz CT molecular complexity index is 275. The number of piperidine rings is 1. The summed E-state index contributed by atoms with van der Waals surface area (Å²) >= 11 is 0. The van der Waals surface area contributed by atoms with Crippen LogP contribution in [0.2, 0.25) is 0 Å². The molecule has 0 radical (unpaired) electrons. The Morgan fingerprint density at radius 2 is 2.00 bits per heavy atom. The molecule has 2 amide bonds. The van der Waals surface area contributed by atoms with Crippen molar-refractivity contribution in [1.82, 2.24) is 10.2 Å².